The summed E-state index contributed by atoms with van der Waals surface area (Å²) in [6.45, 7) is 13.5. The van der Waals surface area contributed by atoms with Crippen molar-refractivity contribution in [3.63, 3.8) is 0 Å². The lowest BCUT2D eigenvalue weighted by molar-refractivity contribution is -0.0255. The van der Waals surface area contributed by atoms with E-state index >= 15 is 0 Å². The summed E-state index contributed by atoms with van der Waals surface area (Å²) in [5, 5.41) is 24.6. The molecule has 0 unspecified atom stereocenters. The number of aliphatic hydroxyl groups is 2. The van der Waals surface area contributed by atoms with E-state index < -0.39 is 5.60 Å². The highest BCUT2D eigenvalue weighted by Gasteiger charge is 2.38. The third-order valence-corrected chi connectivity index (χ3v) is 12.1. The van der Waals surface area contributed by atoms with E-state index in [1.165, 1.54) is 24.0 Å². The second-order valence-corrected chi connectivity index (χ2v) is 17.5. The number of rotatable bonds is 8. The van der Waals surface area contributed by atoms with Crippen molar-refractivity contribution in [3.8, 4) is 0 Å². The van der Waals surface area contributed by atoms with Crippen LogP contribution in [0.2, 0.25) is 10.0 Å². The molecule has 4 saturated heterocycles. The number of halogens is 4. The van der Waals surface area contributed by atoms with Crippen LogP contribution in [-0.4, -0.2) is 162 Å². The predicted octanol–water partition coefficient (Wildman–Crippen LogP) is 6.35. The molecule has 0 aliphatic carbocycles. The second-order valence-electron chi connectivity index (χ2n) is 16.6. The molecular formula is C42H70Cl4N6O4. The summed E-state index contributed by atoms with van der Waals surface area (Å²) in [5.41, 5.74) is 2.15. The molecule has 2 aromatic rings. The Morgan fingerprint density at radius 1 is 0.696 bits per heavy atom. The molecule has 0 saturated carbocycles. The summed E-state index contributed by atoms with van der Waals surface area (Å²) in [7, 11) is 4.23. The fraction of sp³-hybridized carbons (Fsp3) is 0.690. The molecule has 6 rings (SSSR count). The Balaban J connectivity index is 0.000000378. The lowest BCUT2D eigenvalue weighted by Gasteiger charge is -2.49. The summed E-state index contributed by atoms with van der Waals surface area (Å²) in [4.78, 5) is 24.1. The maximum absolute atomic E-state index is 12.4. The van der Waals surface area contributed by atoms with Crippen molar-refractivity contribution < 1.29 is 19.7 Å². The number of likely N-dealkylation sites (N-methyl/N-ethyl adjacent to an activating group) is 2. The number of nitrogens with zero attached hydrogens (tertiary/aromatic N) is 5. The zero-order valence-electron chi connectivity index (χ0n) is 33.4. The van der Waals surface area contributed by atoms with Gasteiger partial charge in [-0.1, -0.05) is 54.9 Å². The monoisotopic (exact) mass is 862 g/mol. The molecule has 10 nitrogen and oxygen atoms in total. The molecule has 0 aromatic heterocycles. The molecule has 320 valence electrons. The van der Waals surface area contributed by atoms with E-state index in [4.69, 9.17) is 27.9 Å². The molecule has 4 fully saturated rings. The average Bonchev–Trinajstić information content (AvgIpc) is 3.14. The molecule has 3 N–H and O–H groups in total. The van der Waals surface area contributed by atoms with Gasteiger partial charge in [-0.3, -0.25) is 19.6 Å². The van der Waals surface area contributed by atoms with Gasteiger partial charge in [0.25, 0.3) is 0 Å². The molecule has 4 aliphatic rings. The molecule has 1 amide bonds. The first-order valence-corrected chi connectivity index (χ1v) is 20.4. The second kappa shape index (κ2) is 24.0. The number of hydrogen-bond donors (Lipinski definition) is 3. The van der Waals surface area contributed by atoms with Gasteiger partial charge in [0, 0.05) is 85.6 Å². The van der Waals surface area contributed by atoms with Gasteiger partial charge >= 0.3 is 6.09 Å². The maximum Gasteiger partial charge on any atom is 0.410 e. The van der Waals surface area contributed by atoms with Gasteiger partial charge < -0.3 is 25.2 Å². The standard InChI is InChI=1S/C23H36ClN3O3.C18H28ClN3O.CH4.2ClH/c1-23(2,3)30-22(29)26-11-9-19(10-12-26)27-15-21(16-28)25(4)14-20(27)13-17-5-7-18(24)8-6-17;1-21-11-17(10-14-2-4-15(19)5-3-14)22(12-18(21)13-23)16-6-8-20-9-7-16;;;/h5-8,19-21,28H,9-16H2,1-4H3;2-5,16-18,20,23H,6-13H2,1H3;1H4;2*1H/t20-,21+;17-,18+;;;/m00.../s1. The average molecular weight is 865 g/mol. The van der Waals surface area contributed by atoms with Crippen molar-refractivity contribution >= 4 is 54.1 Å². The van der Waals surface area contributed by atoms with Crippen LogP contribution in [0.5, 0.6) is 0 Å². The molecule has 14 heteroatoms. The summed E-state index contributed by atoms with van der Waals surface area (Å²) in [6.07, 6.45) is 6.05. The van der Waals surface area contributed by atoms with Crippen LogP contribution in [0.3, 0.4) is 0 Å². The molecule has 2 aromatic carbocycles. The fourth-order valence-electron chi connectivity index (χ4n) is 8.52. The number of piperidine rings is 2. The molecule has 0 radical (unpaired) electrons. The molecule has 4 aliphatic heterocycles. The highest BCUT2D eigenvalue weighted by molar-refractivity contribution is 6.30. The molecule has 4 heterocycles. The number of aliphatic hydroxyl groups excluding tert-OH is 2. The zero-order chi connectivity index (χ0) is 38.1. The van der Waals surface area contributed by atoms with Crippen molar-refractivity contribution in [2.75, 3.05) is 79.7 Å². The van der Waals surface area contributed by atoms with Gasteiger partial charge in [0.2, 0.25) is 0 Å². The van der Waals surface area contributed by atoms with Gasteiger partial charge in [0.1, 0.15) is 5.60 Å². The van der Waals surface area contributed by atoms with Crippen LogP contribution in [0.15, 0.2) is 48.5 Å². The van der Waals surface area contributed by atoms with Gasteiger partial charge in [-0.2, -0.15) is 0 Å². The number of ether oxygens (including phenoxy) is 1. The van der Waals surface area contributed by atoms with E-state index in [2.05, 4.69) is 63.3 Å². The molecular weight excluding hydrogens is 794 g/mol. The maximum atomic E-state index is 12.4. The Morgan fingerprint density at radius 3 is 1.46 bits per heavy atom. The van der Waals surface area contributed by atoms with Crippen LogP contribution in [0.4, 0.5) is 4.79 Å². The SMILES string of the molecule is C.CN1C[C@H](Cc2ccc(Cl)cc2)N(C2CCN(C(=O)OC(C)(C)C)CC2)C[C@@H]1CO.CN1C[C@H](Cc2ccc(Cl)cc2)N(C2CCNCC2)C[C@@H]1CO.Cl.Cl. The fourth-order valence-corrected chi connectivity index (χ4v) is 8.77. The van der Waals surface area contributed by atoms with Crippen molar-refractivity contribution in [2.45, 2.75) is 109 Å². The lowest BCUT2D eigenvalue weighted by atomic mass is 9.94. The smallest absolute Gasteiger partial charge is 0.410 e. The molecule has 0 bridgehead atoms. The van der Waals surface area contributed by atoms with Crippen LogP contribution in [0.25, 0.3) is 0 Å². The minimum atomic E-state index is -0.469. The van der Waals surface area contributed by atoms with Crippen LogP contribution in [0.1, 0.15) is 65.0 Å². The molecule has 56 heavy (non-hydrogen) atoms. The van der Waals surface area contributed by atoms with Crippen molar-refractivity contribution in [1.29, 1.82) is 0 Å². The number of benzene rings is 2. The molecule has 0 spiro atoms. The minimum absolute atomic E-state index is 0. The number of hydrogen-bond acceptors (Lipinski definition) is 9. The number of carbonyl (C=O) groups is 1. The first kappa shape index (κ1) is 50.7. The minimum Gasteiger partial charge on any atom is -0.444 e. The highest BCUT2D eigenvalue weighted by Crippen LogP contribution is 2.28. The Hall–Kier alpha value is -1.41. The van der Waals surface area contributed by atoms with Crippen LogP contribution in [0, 0.1) is 0 Å². The van der Waals surface area contributed by atoms with Crippen molar-refractivity contribution in [1.82, 2.24) is 29.8 Å². The van der Waals surface area contributed by atoms with E-state index in [-0.39, 0.29) is 63.6 Å². The van der Waals surface area contributed by atoms with E-state index in [1.807, 2.05) is 49.9 Å². The normalized spacial score (nSPS) is 24.8. The number of amides is 1. The Kier molecular flexibility index (Phi) is 21.7. The predicted molar refractivity (Wildman–Crippen MR) is 236 cm³/mol. The first-order chi connectivity index (χ1) is 25.3. The topological polar surface area (TPSA) is 95.0 Å². The van der Waals surface area contributed by atoms with Crippen LogP contribution in [-0.2, 0) is 17.6 Å². The summed E-state index contributed by atoms with van der Waals surface area (Å²) < 4.78 is 5.54. The number of piperazine rings is 2. The van der Waals surface area contributed by atoms with Crippen LogP contribution < -0.4 is 5.32 Å². The third-order valence-electron chi connectivity index (χ3n) is 11.6. The summed E-state index contributed by atoms with van der Waals surface area (Å²) >= 11 is 12.1. The zero-order valence-corrected chi connectivity index (χ0v) is 36.6. The number of carbonyl (C=O) groups excluding carboxylic acids is 1. The third kappa shape index (κ3) is 14.7. The number of nitrogens with one attached hydrogen (secondary N) is 1. The first-order valence-electron chi connectivity index (χ1n) is 19.6. The Morgan fingerprint density at radius 2 is 1.09 bits per heavy atom. The number of likely N-dealkylation sites (tertiary alicyclic amines) is 1. The van der Waals surface area contributed by atoms with Gasteiger partial charge in [0.15, 0.2) is 0 Å². The van der Waals surface area contributed by atoms with E-state index in [1.54, 1.807) is 0 Å². The highest BCUT2D eigenvalue weighted by atomic mass is 35.5. The van der Waals surface area contributed by atoms with E-state index in [0.717, 1.165) is 75.0 Å². The van der Waals surface area contributed by atoms with Gasteiger partial charge in [-0.25, -0.2) is 4.79 Å². The lowest BCUT2D eigenvalue weighted by Crippen LogP contribution is -2.62. The summed E-state index contributed by atoms with van der Waals surface area (Å²) in [5.74, 6) is 0. The van der Waals surface area contributed by atoms with E-state index in [0.29, 0.717) is 37.3 Å². The van der Waals surface area contributed by atoms with Gasteiger partial charge in [-0.05, 0) is 122 Å². The Bertz CT molecular complexity index is 1410. The van der Waals surface area contributed by atoms with Gasteiger partial charge in [0.05, 0.1) is 13.2 Å². The van der Waals surface area contributed by atoms with Crippen molar-refractivity contribution in [2.24, 2.45) is 0 Å². The van der Waals surface area contributed by atoms with Crippen LogP contribution >= 0.6 is 48.0 Å². The van der Waals surface area contributed by atoms with E-state index in [9.17, 15) is 15.0 Å². The quantitative estimate of drug-likeness (QED) is 0.281. The summed E-state index contributed by atoms with van der Waals surface area (Å²) in [6, 6.07) is 18.7. The Labute approximate surface area is 360 Å². The van der Waals surface area contributed by atoms with Crippen molar-refractivity contribution in [3.05, 3.63) is 69.7 Å². The molecule has 4 atom stereocenters. The largest absolute Gasteiger partial charge is 0.444 e. The van der Waals surface area contributed by atoms with Gasteiger partial charge in [-0.15, -0.1) is 24.8 Å².